The summed E-state index contributed by atoms with van der Waals surface area (Å²) < 4.78 is 13.2. The lowest BCUT2D eigenvalue weighted by Gasteiger charge is -2.34. The highest BCUT2D eigenvalue weighted by atomic mass is 19.1. The Kier molecular flexibility index (Phi) is 3.73. The molecule has 4 nitrogen and oxygen atoms in total. The third kappa shape index (κ3) is 3.43. The van der Waals surface area contributed by atoms with Crippen molar-refractivity contribution in [1.82, 2.24) is 0 Å². The van der Waals surface area contributed by atoms with Crippen molar-refractivity contribution in [2.24, 2.45) is 5.41 Å². The number of hydrogen-bond acceptors (Lipinski definition) is 3. The molecule has 0 bridgehead atoms. The first-order valence-corrected chi connectivity index (χ1v) is 6.58. The molecule has 0 aromatic heterocycles. The smallest absolute Gasteiger partial charge is 0.292 e. The molecule has 0 heterocycles. The number of nitro benzene ring substituents is 1. The lowest BCUT2D eigenvalue weighted by Crippen LogP contribution is -2.30. The van der Waals surface area contributed by atoms with E-state index in [1.165, 1.54) is 12.1 Å². The number of hydrogen-bond donors (Lipinski definition) is 1. The van der Waals surface area contributed by atoms with Gasteiger partial charge in [-0.25, -0.2) is 4.39 Å². The van der Waals surface area contributed by atoms with E-state index in [0.29, 0.717) is 5.41 Å². The van der Waals surface area contributed by atoms with Crippen LogP contribution in [0.4, 0.5) is 15.8 Å². The van der Waals surface area contributed by atoms with E-state index in [9.17, 15) is 14.5 Å². The third-order valence-electron chi connectivity index (χ3n) is 3.85. The fourth-order valence-electron chi connectivity index (χ4n) is 2.55. The first kappa shape index (κ1) is 13.8. The standard InChI is InChI=1S/C14H19FN2O2/c1-14(2)7-5-11(6-8-14)16-12-9-10(15)3-4-13(12)17(18)19/h3-4,9,11,16H,5-8H2,1-2H3. The Labute approximate surface area is 112 Å². The minimum absolute atomic E-state index is 0.0637. The second kappa shape index (κ2) is 5.15. The molecule has 19 heavy (non-hydrogen) atoms. The van der Waals surface area contributed by atoms with Crippen molar-refractivity contribution in [3.63, 3.8) is 0 Å². The van der Waals surface area contributed by atoms with Crippen molar-refractivity contribution in [2.75, 3.05) is 5.32 Å². The fourth-order valence-corrected chi connectivity index (χ4v) is 2.55. The summed E-state index contributed by atoms with van der Waals surface area (Å²) in [5, 5.41) is 14.0. The summed E-state index contributed by atoms with van der Waals surface area (Å²) in [6, 6.07) is 3.73. The van der Waals surface area contributed by atoms with E-state index < -0.39 is 10.7 Å². The van der Waals surface area contributed by atoms with Gasteiger partial charge in [0.25, 0.3) is 5.69 Å². The zero-order valence-corrected chi connectivity index (χ0v) is 11.3. The van der Waals surface area contributed by atoms with Crippen LogP contribution in [0, 0.1) is 21.3 Å². The van der Waals surface area contributed by atoms with Gasteiger partial charge >= 0.3 is 0 Å². The zero-order valence-electron chi connectivity index (χ0n) is 11.3. The molecule has 1 aromatic carbocycles. The van der Waals surface area contributed by atoms with Gasteiger partial charge in [0.2, 0.25) is 0 Å². The molecule has 1 N–H and O–H groups in total. The molecule has 0 amide bonds. The number of nitro groups is 1. The van der Waals surface area contributed by atoms with Crippen LogP contribution in [0.3, 0.4) is 0 Å². The van der Waals surface area contributed by atoms with E-state index in [-0.39, 0.29) is 17.4 Å². The molecule has 0 radical (unpaired) electrons. The van der Waals surface area contributed by atoms with Crippen LogP contribution in [0.15, 0.2) is 18.2 Å². The van der Waals surface area contributed by atoms with E-state index >= 15 is 0 Å². The lowest BCUT2D eigenvalue weighted by molar-refractivity contribution is -0.384. The molecule has 0 saturated heterocycles. The Balaban J connectivity index is 2.11. The number of anilines is 1. The lowest BCUT2D eigenvalue weighted by atomic mass is 9.75. The van der Waals surface area contributed by atoms with Gasteiger partial charge < -0.3 is 5.32 Å². The summed E-state index contributed by atoms with van der Waals surface area (Å²) >= 11 is 0. The molecule has 0 unspecified atom stereocenters. The van der Waals surface area contributed by atoms with Gasteiger partial charge in [-0.05, 0) is 37.2 Å². The molecule has 104 valence electrons. The summed E-state index contributed by atoms with van der Waals surface area (Å²) in [5.41, 5.74) is 0.562. The quantitative estimate of drug-likeness (QED) is 0.661. The summed E-state index contributed by atoms with van der Waals surface area (Å²) in [6.07, 6.45) is 4.07. The highest BCUT2D eigenvalue weighted by Crippen LogP contribution is 2.37. The fraction of sp³-hybridized carbons (Fsp3) is 0.571. The molecule has 0 atom stereocenters. The van der Waals surface area contributed by atoms with Crippen LogP contribution in [0.1, 0.15) is 39.5 Å². The normalized spacial score (nSPS) is 19.1. The van der Waals surface area contributed by atoms with Gasteiger partial charge in [-0.15, -0.1) is 0 Å². The number of halogens is 1. The van der Waals surface area contributed by atoms with Gasteiger partial charge in [-0.1, -0.05) is 13.8 Å². The molecule has 0 aliphatic heterocycles. The Hall–Kier alpha value is -1.65. The predicted molar refractivity (Wildman–Crippen MR) is 72.7 cm³/mol. The number of nitrogens with one attached hydrogen (secondary N) is 1. The maximum absolute atomic E-state index is 13.2. The molecule has 1 aliphatic carbocycles. The third-order valence-corrected chi connectivity index (χ3v) is 3.85. The Morgan fingerprint density at radius 2 is 2.00 bits per heavy atom. The predicted octanol–water partition coefficient (Wildman–Crippen LogP) is 4.11. The largest absolute Gasteiger partial charge is 0.377 e. The second-order valence-electron chi connectivity index (χ2n) is 6.00. The number of nitrogens with zero attached hydrogens (tertiary/aromatic N) is 1. The van der Waals surface area contributed by atoms with E-state index in [1.807, 2.05) is 0 Å². The van der Waals surface area contributed by atoms with Gasteiger partial charge in [-0.2, -0.15) is 0 Å². The molecule has 5 heteroatoms. The SMILES string of the molecule is CC1(C)CCC(Nc2cc(F)ccc2[N+](=O)[O-])CC1. The number of rotatable bonds is 3. The molecular weight excluding hydrogens is 247 g/mol. The minimum Gasteiger partial charge on any atom is -0.377 e. The van der Waals surface area contributed by atoms with Gasteiger partial charge in [0, 0.05) is 18.2 Å². The Bertz CT molecular complexity index is 478. The zero-order chi connectivity index (χ0) is 14.0. The topological polar surface area (TPSA) is 55.2 Å². The van der Waals surface area contributed by atoms with Crippen molar-refractivity contribution in [3.05, 3.63) is 34.1 Å². The van der Waals surface area contributed by atoms with Gasteiger partial charge in [0.15, 0.2) is 0 Å². The van der Waals surface area contributed by atoms with Crippen LogP contribution in [-0.4, -0.2) is 11.0 Å². The number of benzene rings is 1. The van der Waals surface area contributed by atoms with Crippen molar-refractivity contribution in [2.45, 2.75) is 45.6 Å². The molecular formula is C14H19FN2O2. The van der Waals surface area contributed by atoms with Gasteiger partial charge in [0.05, 0.1) is 4.92 Å². The van der Waals surface area contributed by atoms with E-state index in [0.717, 1.165) is 31.7 Å². The van der Waals surface area contributed by atoms with Crippen LogP contribution in [0.2, 0.25) is 0 Å². The Morgan fingerprint density at radius 1 is 1.37 bits per heavy atom. The molecule has 1 aromatic rings. The first-order chi connectivity index (χ1) is 8.87. The van der Waals surface area contributed by atoms with E-state index in [2.05, 4.69) is 19.2 Å². The molecule has 0 spiro atoms. The highest BCUT2D eigenvalue weighted by molar-refractivity contribution is 5.61. The molecule has 2 rings (SSSR count). The highest BCUT2D eigenvalue weighted by Gasteiger charge is 2.28. The monoisotopic (exact) mass is 266 g/mol. The average molecular weight is 266 g/mol. The Morgan fingerprint density at radius 3 is 2.58 bits per heavy atom. The van der Waals surface area contributed by atoms with Crippen molar-refractivity contribution >= 4 is 11.4 Å². The second-order valence-corrected chi connectivity index (χ2v) is 6.00. The first-order valence-electron chi connectivity index (χ1n) is 6.58. The molecule has 1 aliphatic rings. The molecule has 1 saturated carbocycles. The maximum Gasteiger partial charge on any atom is 0.292 e. The van der Waals surface area contributed by atoms with Crippen molar-refractivity contribution in [3.8, 4) is 0 Å². The molecule has 1 fully saturated rings. The van der Waals surface area contributed by atoms with E-state index in [4.69, 9.17) is 0 Å². The van der Waals surface area contributed by atoms with Gasteiger partial charge in [-0.3, -0.25) is 10.1 Å². The van der Waals surface area contributed by atoms with E-state index in [1.54, 1.807) is 0 Å². The van der Waals surface area contributed by atoms with Crippen molar-refractivity contribution in [1.29, 1.82) is 0 Å². The van der Waals surface area contributed by atoms with Crippen LogP contribution >= 0.6 is 0 Å². The maximum atomic E-state index is 13.2. The van der Waals surface area contributed by atoms with Crippen LogP contribution in [0.25, 0.3) is 0 Å². The summed E-state index contributed by atoms with van der Waals surface area (Å²) in [5.74, 6) is -0.454. The van der Waals surface area contributed by atoms with Crippen molar-refractivity contribution < 1.29 is 9.31 Å². The van der Waals surface area contributed by atoms with Crippen LogP contribution in [-0.2, 0) is 0 Å². The van der Waals surface area contributed by atoms with Crippen LogP contribution in [0.5, 0.6) is 0 Å². The van der Waals surface area contributed by atoms with Gasteiger partial charge in [0.1, 0.15) is 11.5 Å². The van der Waals surface area contributed by atoms with Crippen LogP contribution < -0.4 is 5.32 Å². The summed E-state index contributed by atoms with van der Waals surface area (Å²) in [7, 11) is 0. The minimum atomic E-state index is -0.478. The summed E-state index contributed by atoms with van der Waals surface area (Å²) in [4.78, 5) is 10.4. The summed E-state index contributed by atoms with van der Waals surface area (Å²) in [6.45, 7) is 4.46. The average Bonchev–Trinajstić information content (AvgIpc) is 2.31.